The van der Waals surface area contributed by atoms with Crippen LogP contribution in [0.3, 0.4) is 0 Å². The third-order valence-electron chi connectivity index (χ3n) is 5.46. The molecule has 4 rings (SSSR count). The lowest BCUT2D eigenvalue weighted by Gasteiger charge is -2.06. The molecule has 4 aromatic heterocycles. The monoisotopic (exact) mass is 525 g/mol. The maximum absolute atomic E-state index is 13.2. The molecule has 0 aliphatic carbocycles. The van der Waals surface area contributed by atoms with Gasteiger partial charge in [0.2, 0.25) is 0 Å². The number of amides is 1. The number of nitrogens with zero attached hydrogens (tertiary/aromatic N) is 6. The van der Waals surface area contributed by atoms with Gasteiger partial charge >= 0.3 is 6.18 Å². The van der Waals surface area contributed by atoms with Crippen molar-refractivity contribution in [3.8, 4) is 11.4 Å². The standard InChI is InChI=1S/C21H22F3N7O4S/c1-4-36(33,34)20-15(18-28-13-10-12(21(22,23)24)11-27-16(13)30(18)2)17-25-8-6-14(31(17)29-20)19(32)26-7-5-9-35-3/h6,8,10-11H,4-5,7,9H2,1-3H3,(H,26,32). The van der Waals surface area contributed by atoms with Gasteiger partial charge in [0, 0.05) is 39.7 Å². The van der Waals surface area contributed by atoms with E-state index in [0.717, 1.165) is 10.6 Å². The fourth-order valence-corrected chi connectivity index (χ4v) is 4.58. The minimum atomic E-state index is -4.63. The summed E-state index contributed by atoms with van der Waals surface area (Å²) in [5.41, 5.74) is -1.00. The highest BCUT2D eigenvalue weighted by Gasteiger charge is 2.33. The maximum Gasteiger partial charge on any atom is 0.417 e. The van der Waals surface area contributed by atoms with Crippen LogP contribution in [0.25, 0.3) is 28.2 Å². The van der Waals surface area contributed by atoms with Gasteiger partial charge in [0.05, 0.1) is 11.3 Å². The number of alkyl halides is 3. The molecule has 1 N–H and O–H groups in total. The predicted octanol–water partition coefficient (Wildman–Crippen LogP) is 2.26. The number of imidazole rings is 1. The third-order valence-corrected chi connectivity index (χ3v) is 7.10. The molecule has 1 amide bonds. The first kappa shape index (κ1) is 25.5. The van der Waals surface area contributed by atoms with Gasteiger partial charge in [-0.2, -0.15) is 18.3 Å². The summed E-state index contributed by atoms with van der Waals surface area (Å²) < 4.78 is 73.0. The Morgan fingerprint density at radius 3 is 2.64 bits per heavy atom. The van der Waals surface area contributed by atoms with E-state index in [1.54, 1.807) is 0 Å². The van der Waals surface area contributed by atoms with Gasteiger partial charge in [-0.1, -0.05) is 6.92 Å². The summed E-state index contributed by atoms with van der Waals surface area (Å²) in [6.07, 6.45) is -2.08. The number of carbonyl (C=O) groups is 1. The van der Waals surface area contributed by atoms with Gasteiger partial charge in [0.15, 0.2) is 26.2 Å². The highest BCUT2D eigenvalue weighted by Crippen LogP contribution is 2.34. The van der Waals surface area contributed by atoms with Crippen molar-refractivity contribution in [2.45, 2.75) is 24.5 Å². The second-order valence-corrected chi connectivity index (χ2v) is 10.0. The van der Waals surface area contributed by atoms with E-state index >= 15 is 0 Å². The molecule has 15 heteroatoms. The van der Waals surface area contributed by atoms with Gasteiger partial charge in [-0.25, -0.2) is 27.9 Å². The number of fused-ring (bicyclic) bond motifs is 2. The zero-order valence-electron chi connectivity index (χ0n) is 19.5. The maximum atomic E-state index is 13.2. The SMILES string of the molecule is CCS(=O)(=O)c1nn2c(C(=O)NCCCOC)ccnc2c1-c1nc2cc(C(F)(F)F)cnc2n1C. The van der Waals surface area contributed by atoms with Crippen LogP contribution < -0.4 is 5.32 Å². The van der Waals surface area contributed by atoms with Crippen molar-refractivity contribution in [2.75, 3.05) is 26.0 Å². The normalized spacial score (nSPS) is 12.5. The Morgan fingerprint density at radius 1 is 1.22 bits per heavy atom. The highest BCUT2D eigenvalue weighted by atomic mass is 32.2. The van der Waals surface area contributed by atoms with Crippen LogP contribution in [0.2, 0.25) is 0 Å². The molecule has 0 aromatic carbocycles. The molecule has 0 saturated heterocycles. The molecule has 0 saturated carbocycles. The largest absolute Gasteiger partial charge is 0.417 e. The molecule has 0 atom stereocenters. The first-order chi connectivity index (χ1) is 17.0. The topological polar surface area (TPSA) is 133 Å². The summed E-state index contributed by atoms with van der Waals surface area (Å²) in [5, 5.41) is 6.50. The molecule has 36 heavy (non-hydrogen) atoms. The Kier molecular flexibility index (Phi) is 6.70. The lowest BCUT2D eigenvalue weighted by molar-refractivity contribution is -0.137. The molecule has 192 valence electrons. The van der Waals surface area contributed by atoms with Crippen molar-refractivity contribution in [1.29, 1.82) is 0 Å². The van der Waals surface area contributed by atoms with Crippen molar-refractivity contribution < 1.29 is 31.1 Å². The second-order valence-electron chi connectivity index (χ2n) is 7.81. The van der Waals surface area contributed by atoms with Crippen LogP contribution in [0.1, 0.15) is 29.4 Å². The van der Waals surface area contributed by atoms with E-state index in [9.17, 15) is 26.4 Å². The Labute approximate surface area is 203 Å². The lowest BCUT2D eigenvalue weighted by atomic mass is 10.2. The van der Waals surface area contributed by atoms with Gasteiger partial charge < -0.3 is 14.6 Å². The Bertz CT molecular complexity index is 1560. The van der Waals surface area contributed by atoms with Gasteiger partial charge in [-0.3, -0.25) is 4.79 Å². The molecular formula is C21H22F3N7O4S. The number of ether oxygens (including phenoxy) is 1. The zero-order chi connectivity index (χ0) is 26.3. The quantitative estimate of drug-likeness (QED) is 0.347. The van der Waals surface area contributed by atoms with Gasteiger partial charge in [-0.15, -0.1) is 0 Å². The van der Waals surface area contributed by atoms with E-state index in [0.29, 0.717) is 25.8 Å². The number of hydrogen-bond donors (Lipinski definition) is 1. The van der Waals surface area contributed by atoms with Crippen LogP contribution in [-0.4, -0.2) is 69.5 Å². The number of methoxy groups -OCH3 is 1. The summed E-state index contributed by atoms with van der Waals surface area (Å²) in [5.74, 6) is -0.846. The number of rotatable bonds is 8. The summed E-state index contributed by atoms with van der Waals surface area (Å²) in [4.78, 5) is 25.2. The molecule has 0 aliphatic heterocycles. The molecule has 0 unspecified atom stereocenters. The highest BCUT2D eigenvalue weighted by molar-refractivity contribution is 7.91. The number of hydrogen-bond acceptors (Lipinski definition) is 8. The van der Waals surface area contributed by atoms with Crippen LogP contribution in [0, 0.1) is 0 Å². The molecule has 0 bridgehead atoms. The molecule has 4 aromatic rings. The minimum Gasteiger partial charge on any atom is -0.385 e. The number of nitrogens with one attached hydrogen (secondary N) is 1. The first-order valence-corrected chi connectivity index (χ1v) is 12.4. The molecule has 11 nitrogen and oxygen atoms in total. The number of halogens is 3. The Morgan fingerprint density at radius 2 is 1.97 bits per heavy atom. The third kappa shape index (κ3) is 4.51. The predicted molar refractivity (Wildman–Crippen MR) is 122 cm³/mol. The summed E-state index contributed by atoms with van der Waals surface area (Å²) in [6, 6.07) is 2.21. The Hall–Kier alpha value is -3.59. The van der Waals surface area contributed by atoms with E-state index in [1.165, 1.54) is 37.9 Å². The van der Waals surface area contributed by atoms with Crippen LogP contribution in [0.4, 0.5) is 13.2 Å². The smallest absolute Gasteiger partial charge is 0.385 e. The fourth-order valence-electron chi connectivity index (χ4n) is 3.61. The molecule has 0 spiro atoms. The van der Waals surface area contributed by atoms with E-state index < -0.39 is 32.5 Å². The number of aromatic nitrogens is 6. The van der Waals surface area contributed by atoms with E-state index in [1.807, 2.05) is 0 Å². The van der Waals surface area contributed by atoms with Crippen LogP contribution in [0.15, 0.2) is 29.6 Å². The summed E-state index contributed by atoms with van der Waals surface area (Å²) >= 11 is 0. The fraction of sp³-hybridized carbons (Fsp3) is 0.381. The van der Waals surface area contributed by atoms with E-state index in [2.05, 4.69) is 25.4 Å². The van der Waals surface area contributed by atoms with Crippen molar-refractivity contribution in [1.82, 2.24) is 34.4 Å². The molecular weight excluding hydrogens is 503 g/mol. The van der Waals surface area contributed by atoms with Crippen molar-refractivity contribution in [3.05, 3.63) is 35.8 Å². The van der Waals surface area contributed by atoms with Gasteiger partial charge in [0.1, 0.15) is 22.6 Å². The first-order valence-electron chi connectivity index (χ1n) is 10.8. The number of pyridine rings is 1. The Balaban J connectivity index is 1.93. The van der Waals surface area contributed by atoms with Crippen LogP contribution in [-0.2, 0) is 27.8 Å². The summed E-state index contributed by atoms with van der Waals surface area (Å²) in [6.45, 7) is 2.17. The van der Waals surface area contributed by atoms with Gasteiger partial charge in [0.25, 0.3) is 5.91 Å². The van der Waals surface area contributed by atoms with E-state index in [-0.39, 0.29) is 39.6 Å². The lowest BCUT2D eigenvalue weighted by Crippen LogP contribution is -2.27. The zero-order valence-corrected chi connectivity index (χ0v) is 20.3. The number of aryl methyl sites for hydroxylation is 1. The van der Waals surface area contributed by atoms with Crippen molar-refractivity contribution in [2.24, 2.45) is 7.05 Å². The average Bonchev–Trinajstić information content (AvgIpc) is 3.39. The minimum absolute atomic E-state index is 0.000942. The number of sulfone groups is 1. The van der Waals surface area contributed by atoms with Gasteiger partial charge in [-0.05, 0) is 18.6 Å². The van der Waals surface area contributed by atoms with Crippen molar-refractivity contribution >= 4 is 32.6 Å². The summed E-state index contributed by atoms with van der Waals surface area (Å²) in [7, 11) is -0.939. The molecule has 0 aliphatic rings. The van der Waals surface area contributed by atoms with E-state index in [4.69, 9.17) is 4.74 Å². The number of carbonyl (C=O) groups excluding carboxylic acids is 1. The van der Waals surface area contributed by atoms with Crippen molar-refractivity contribution in [3.63, 3.8) is 0 Å². The molecule has 0 fully saturated rings. The van der Waals surface area contributed by atoms with Crippen LogP contribution in [0.5, 0.6) is 0 Å². The van der Waals surface area contributed by atoms with Crippen LogP contribution >= 0.6 is 0 Å². The molecule has 0 radical (unpaired) electrons. The second kappa shape index (κ2) is 9.46. The molecule has 4 heterocycles. The average molecular weight is 526 g/mol.